The second-order valence-electron chi connectivity index (χ2n) is 6.82. The molecule has 0 amide bonds. The number of hydrazone groups is 1. The fourth-order valence-electron chi connectivity index (χ4n) is 3.04. The van der Waals surface area contributed by atoms with Crippen LogP contribution in [0.5, 0.6) is 17.2 Å². The Bertz CT molecular complexity index is 1190. The molecule has 0 saturated heterocycles. The van der Waals surface area contributed by atoms with Gasteiger partial charge in [-0.1, -0.05) is 42.5 Å². The van der Waals surface area contributed by atoms with Crippen molar-refractivity contribution in [2.45, 2.75) is 6.61 Å². The number of benzene rings is 3. The lowest BCUT2D eigenvalue weighted by Crippen LogP contribution is -1.99. The van der Waals surface area contributed by atoms with Crippen LogP contribution >= 0.6 is 11.3 Å². The third kappa shape index (κ3) is 5.44. The van der Waals surface area contributed by atoms with E-state index in [1.54, 1.807) is 20.4 Å². The molecule has 0 saturated carbocycles. The SMILES string of the molecule is COc1cccc(COc2cc(C=NNc3nc(-c4ccccc4)cs3)ccc2OC)c1. The number of aromatic nitrogens is 1. The third-order valence-corrected chi connectivity index (χ3v) is 5.41. The van der Waals surface area contributed by atoms with Gasteiger partial charge >= 0.3 is 0 Å². The fraction of sp³-hybridized carbons (Fsp3) is 0.120. The van der Waals surface area contributed by atoms with Gasteiger partial charge in [0.05, 0.1) is 26.1 Å². The summed E-state index contributed by atoms with van der Waals surface area (Å²) in [7, 11) is 3.27. The average molecular weight is 446 g/mol. The van der Waals surface area contributed by atoms with Gasteiger partial charge in [0.1, 0.15) is 12.4 Å². The highest BCUT2D eigenvalue weighted by Gasteiger charge is 2.07. The zero-order chi connectivity index (χ0) is 22.2. The van der Waals surface area contributed by atoms with E-state index < -0.39 is 0 Å². The van der Waals surface area contributed by atoms with Gasteiger partial charge in [0, 0.05) is 10.9 Å². The summed E-state index contributed by atoms with van der Waals surface area (Å²) in [6.07, 6.45) is 1.72. The van der Waals surface area contributed by atoms with E-state index in [1.807, 2.05) is 78.2 Å². The van der Waals surface area contributed by atoms with E-state index in [2.05, 4.69) is 15.5 Å². The number of ether oxygens (including phenoxy) is 3. The molecule has 0 aliphatic heterocycles. The first-order chi connectivity index (χ1) is 15.7. The molecule has 1 N–H and O–H groups in total. The van der Waals surface area contributed by atoms with Crippen LogP contribution in [0.25, 0.3) is 11.3 Å². The van der Waals surface area contributed by atoms with E-state index in [-0.39, 0.29) is 0 Å². The maximum Gasteiger partial charge on any atom is 0.203 e. The number of thiazole rings is 1. The second kappa shape index (κ2) is 10.5. The molecule has 162 valence electrons. The lowest BCUT2D eigenvalue weighted by atomic mass is 10.2. The topological polar surface area (TPSA) is 65.0 Å². The number of hydrogen-bond donors (Lipinski definition) is 1. The predicted octanol–water partition coefficient (Wildman–Crippen LogP) is 5.85. The summed E-state index contributed by atoms with van der Waals surface area (Å²) in [6, 6.07) is 23.5. The van der Waals surface area contributed by atoms with E-state index in [1.165, 1.54) is 11.3 Å². The summed E-state index contributed by atoms with van der Waals surface area (Å²) < 4.78 is 16.7. The van der Waals surface area contributed by atoms with Gasteiger partial charge in [-0.05, 0) is 41.5 Å². The number of nitrogens with zero attached hydrogens (tertiary/aromatic N) is 2. The van der Waals surface area contributed by atoms with Gasteiger partial charge in [0.2, 0.25) is 5.13 Å². The minimum Gasteiger partial charge on any atom is -0.497 e. The molecule has 0 aliphatic carbocycles. The standard InChI is InChI=1S/C25H23N3O3S/c1-29-21-10-6-7-19(13-21)16-31-24-14-18(11-12-23(24)30-2)15-26-28-25-27-22(17-32-25)20-8-4-3-5-9-20/h3-15,17H,16H2,1-2H3,(H,27,28). The fourth-order valence-corrected chi connectivity index (χ4v) is 3.71. The molecule has 3 aromatic carbocycles. The van der Waals surface area contributed by atoms with Crippen LogP contribution in [-0.4, -0.2) is 25.4 Å². The first kappa shape index (κ1) is 21.4. The van der Waals surface area contributed by atoms with Crippen LogP contribution in [0.15, 0.2) is 83.3 Å². The van der Waals surface area contributed by atoms with Crippen LogP contribution in [0.2, 0.25) is 0 Å². The molecule has 0 fully saturated rings. The first-order valence-electron chi connectivity index (χ1n) is 9.99. The van der Waals surface area contributed by atoms with Crippen LogP contribution in [-0.2, 0) is 6.61 Å². The summed E-state index contributed by atoms with van der Waals surface area (Å²) in [5.74, 6) is 2.09. The zero-order valence-electron chi connectivity index (χ0n) is 17.8. The minimum absolute atomic E-state index is 0.397. The zero-order valence-corrected chi connectivity index (χ0v) is 18.6. The molecule has 6 nitrogen and oxygen atoms in total. The Balaban J connectivity index is 1.41. The maximum atomic E-state index is 6.00. The lowest BCUT2D eigenvalue weighted by molar-refractivity contribution is 0.284. The van der Waals surface area contributed by atoms with Crippen LogP contribution < -0.4 is 19.6 Å². The first-order valence-corrected chi connectivity index (χ1v) is 10.9. The van der Waals surface area contributed by atoms with Crippen LogP contribution in [0.4, 0.5) is 5.13 Å². The number of anilines is 1. The largest absolute Gasteiger partial charge is 0.497 e. The van der Waals surface area contributed by atoms with Crippen LogP contribution in [0.3, 0.4) is 0 Å². The average Bonchev–Trinajstić information content (AvgIpc) is 3.32. The molecule has 1 aromatic heterocycles. The molecule has 4 aromatic rings. The van der Waals surface area contributed by atoms with Crippen LogP contribution in [0.1, 0.15) is 11.1 Å². The minimum atomic E-state index is 0.397. The molecule has 0 atom stereocenters. The van der Waals surface area contributed by atoms with Crippen molar-refractivity contribution >= 4 is 22.7 Å². The molecule has 0 spiro atoms. The number of rotatable bonds is 9. The van der Waals surface area contributed by atoms with Gasteiger partial charge in [0.15, 0.2) is 11.5 Å². The second-order valence-corrected chi connectivity index (χ2v) is 7.68. The Labute approximate surface area is 191 Å². The summed E-state index contributed by atoms with van der Waals surface area (Å²) in [6.45, 7) is 0.397. The Morgan fingerprint density at radius 3 is 2.62 bits per heavy atom. The van der Waals surface area contributed by atoms with Crippen molar-refractivity contribution in [2.24, 2.45) is 5.10 Å². The van der Waals surface area contributed by atoms with E-state index in [9.17, 15) is 0 Å². The smallest absolute Gasteiger partial charge is 0.203 e. The number of hydrogen-bond acceptors (Lipinski definition) is 7. The molecular formula is C25H23N3O3S. The van der Waals surface area contributed by atoms with Gasteiger partial charge in [-0.15, -0.1) is 11.3 Å². The van der Waals surface area contributed by atoms with Gasteiger partial charge in [-0.2, -0.15) is 5.10 Å². The van der Waals surface area contributed by atoms with Gasteiger partial charge in [-0.3, -0.25) is 5.43 Å². The van der Waals surface area contributed by atoms with Gasteiger partial charge in [-0.25, -0.2) is 4.98 Å². The quantitative estimate of drug-likeness (QED) is 0.258. The molecule has 7 heteroatoms. The number of nitrogens with one attached hydrogen (secondary N) is 1. The molecule has 4 rings (SSSR count). The Hall–Kier alpha value is -3.84. The molecule has 0 radical (unpaired) electrons. The Morgan fingerprint density at radius 1 is 0.938 bits per heavy atom. The summed E-state index contributed by atoms with van der Waals surface area (Å²) in [4.78, 5) is 4.57. The summed E-state index contributed by atoms with van der Waals surface area (Å²) in [5, 5.41) is 7.05. The lowest BCUT2D eigenvalue weighted by Gasteiger charge is -2.12. The molecule has 1 heterocycles. The highest BCUT2D eigenvalue weighted by molar-refractivity contribution is 7.14. The van der Waals surface area contributed by atoms with Crippen molar-refractivity contribution in [3.05, 3.63) is 89.3 Å². The molecule has 0 bridgehead atoms. The van der Waals surface area contributed by atoms with Crippen molar-refractivity contribution in [1.29, 1.82) is 0 Å². The van der Waals surface area contributed by atoms with Crippen molar-refractivity contribution in [3.63, 3.8) is 0 Å². The van der Waals surface area contributed by atoms with E-state index >= 15 is 0 Å². The van der Waals surface area contributed by atoms with Crippen molar-refractivity contribution in [2.75, 3.05) is 19.6 Å². The van der Waals surface area contributed by atoms with Crippen molar-refractivity contribution in [1.82, 2.24) is 4.98 Å². The highest BCUT2D eigenvalue weighted by Crippen LogP contribution is 2.29. The summed E-state index contributed by atoms with van der Waals surface area (Å²) in [5.41, 5.74) is 6.87. The molecule has 0 aliphatic rings. The normalized spacial score (nSPS) is 10.8. The van der Waals surface area contributed by atoms with E-state index in [0.717, 1.165) is 33.3 Å². The Morgan fingerprint density at radius 2 is 1.81 bits per heavy atom. The molecule has 0 unspecified atom stereocenters. The monoisotopic (exact) mass is 445 g/mol. The van der Waals surface area contributed by atoms with Crippen molar-refractivity contribution in [3.8, 4) is 28.5 Å². The maximum absolute atomic E-state index is 6.00. The predicted molar refractivity (Wildman–Crippen MR) is 129 cm³/mol. The Kier molecular flexibility index (Phi) is 6.99. The van der Waals surface area contributed by atoms with E-state index in [4.69, 9.17) is 14.2 Å². The number of methoxy groups -OCH3 is 2. The molecular weight excluding hydrogens is 422 g/mol. The van der Waals surface area contributed by atoms with Gasteiger partial charge in [0.25, 0.3) is 0 Å². The summed E-state index contributed by atoms with van der Waals surface area (Å²) >= 11 is 1.51. The molecule has 32 heavy (non-hydrogen) atoms. The van der Waals surface area contributed by atoms with Crippen LogP contribution in [0, 0.1) is 0 Å². The third-order valence-electron chi connectivity index (χ3n) is 4.66. The highest BCUT2D eigenvalue weighted by atomic mass is 32.1. The van der Waals surface area contributed by atoms with Crippen molar-refractivity contribution < 1.29 is 14.2 Å². The van der Waals surface area contributed by atoms with E-state index in [0.29, 0.717) is 18.1 Å². The van der Waals surface area contributed by atoms with Gasteiger partial charge < -0.3 is 14.2 Å².